The van der Waals surface area contributed by atoms with Gasteiger partial charge in [-0.25, -0.2) is 8.42 Å². The molecule has 1 unspecified atom stereocenters. The van der Waals surface area contributed by atoms with Crippen molar-refractivity contribution in [1.29, 1.82) is 0 Å². The van der Waals surface area contributed by atoms with Crippen LogP contribution in [0.25, 0.3) is 0 Å². The number of nitrogens with zero attached hydrogens (tertiary/aromatic N) is 1. The van der Waals surface area contributed by atoms with Gasteiger partial charge in [0.15, 0.2) is 0 Å². The van der Waals surface area contributed by atoms with Crippen LogP contribution in [0.3, 0.4) is 0 Å². The molecule has 1 fully saturated rings. The summed E-state index contributed by atoms with van der Waals surface area (Å²) in [7, 11) is -1.67. The molecule has 26 heavy (non-hydrogen) atoms. The molecular weight excluding hydrogens is 440 g/mol. The number of halogens is 2. The van der Waals surface area contributed by atoms with Crippen molar-refractivity contribution in [2.75, 3.05) is 24.9 Å². The lowest BCUT2D eigenvalue weighted by molar-refractivity contribution is 0.208. The summed E-state index contributed by atoms with van der Waals surface area (Å²) >= 11 is 9.56. The standard InChI is InChI=1S/C18H20BrClN2O3S/c1-12-9-13(19)3-6-18(12)26(23,24)21-14-4-5-16(20)17(10-14)25-15-7-8-22(2)11-15/h3-6,9-10,15,21H,7-8,11H2,1-2H3. The van der Waals surface area contributed by atoms with Gasteiger partial charge in [-0.1, -0.05) is 27.5 Å². The van der Waals surface area contributed by atoms with Crippen LogP contribution in [-0.4, -0.2) is 39.6 Å². The minimum atomic E-state index is -3.70. The second-order valence-electron chi connectivity index (χ2n) is 6.45. The van der Waals surface area contributed by atoms with Crippen LogP contribution in [-0.2, 0) is 10.0 Å². The van der Waals surface area contributed by atoms with Crippen LogP contribution < -0.4 is 9.46 Å². The van der Waals surface area contributed by atoms with E-state index in [9.17, 15) is 8.42 Å². The molecular formula is C18H20BrClN2O3S. The number of anilines is 1. The summed E-state index contributed by atoms with van der Waals surface area (Å²) in [6.07, 6.45) is 0.971. The Morgan fingerprint density at radius 3 is 2.69 bits per heavy atom. The molecule has 0 aromatic heterocycles. The number of aryl methyl sites for hydroxylation is 1. The molecule has 5 nitrogen and oxygen atoms in total. The molecule has 140 valence electrons. The maximum Gasteiger partial charge on any atom is 0.262 e. The minimum absolute atomic E-state index is 0.0538. The van der Waals surface area contributed by atoms with E-state index >= 15 is 0 Å². The van der Waals surface area contributed by atoms with Crippen molar-refractivity contribution in [3.8, 4) is 5.75 Å². The molecule has 0 radical (unpaired) electrons. The van der Waals surface area contributed by atoms with Gasteiger partial charge >= 0.3 is 0 Å². The zero-order valence-electron chi connectivity index (χ0n) is 14.5. The molecule has 1 saturated heterocycles. The number of likely N-dealkylation sites (tertiary alicyclic amines) is 1. The molecule has 3 rings (SSSR count). The Kier molecular flexibility index (Phi) is 5.81. The largest absolute Gasteiger partial charge is 0.487 e. The van der Waals surface area contributed by atoms with E-state index in [4.69, 9.17) is 16.3 Å². The zero-order chi connectivity index (χ0) is 18.9. The van der Waals surface area contributed by atoms with E-state index in [-0.39, 0.29) is 11.0 Å². The van der Waals surface area contributed by atoms with Crippen molar-refractivity contribution in [3.63, 3.8) is 0 Å². The van der Waals surface area contributed by atoms with Crippen LogP contribution in [0, 0.1) is 6.92 Å². The lowest BCUT2D eigenvalue weighted by Crippen LogP contribution is -2.21. The maximum atomic E-state index is 12.7. The van der Waals surface area contributed by atoms with Crippen molar-refractivity contribution >= 4 is 43.2 Å². The summed E-state index contributed by atoms with van der Waals surface area (Å²) in [6.45, 7) is 3.55. The number of rotatable bonds is 5. The van der Waals surface area contributed by atoms with Gasteiger partial charge in [-0.05, 0) is 56.3 Å². The Hall–Kier alpha value is -1.28. The number of sulfonamides is 1. The number of hydrogen-bond donors (Lipinski definition) is 1. The highest BCUT2D eigenvalue weighted by molar-refractivity contribution is 9.10. The monoisotopic (exact) mass is 458 g/mol. The summed E-state index contributed by atoms with van der Waals surface area (Å²) < 4.78 is 34.8. The van der Waals surface area contributed by atoms with E-state index in [2.05, 4.69) is 25.6 Å². The normalized spacial score (nSPS) is 18.1. The Morgan fingerprint density at radius 2 is 2.04 bits per heavy atom. The highest BCUT2D eigenvalue weighted by Gasteiger charge is 2.23. The second-order valence-corrected chi connectivity index (χ2v) is 9.42. The van der Waals surface area contributed by atoms with Crippen LogP contribution in [0.1, 0.15) is 12.0 Å². The molecule has 1 heterocycles. The molecule has 2 aromatic carbocycles. The van der Waals surface area contributed by atoms with Crippen molar-refractivity contribution in [1.82, 2.24) is 4.90 Å². The van der Waals surface area contributed by atoms with Gasteiger partial charge in [0, 0.05) is 23.6 Å². The molecule has 8 heteroatoms. The van der Waals surface area contributed by atoms with Gasteiger partial charge < -0.3 is 9.64 Å². The molecule has 0 bridgehead atoms. The van der Waals surface area contributed by atoms with Crippen LogP contribution in [0.4, 0.5) is 5.69 Å². The maximum absolute atomic E-state index is 12.7. The molecule has 1 N–H and O–H groups in total. The quantitative estimate of drug-likeness (QED) is 0.724. The van der Waals surface area contributed by atoms with Gasteiger partial charge in [-0.15, -0.1) is 0 Å². The molecule has 2 aromatic rings. The lowest BCUT2D eigenvalue weighted by Gasteiger charge is -2.16. The van der Waals surface area contributed by atoms with Gasteiger partial charge in [0.1, 0.15) is 11.9 Å². The Morgan fingerprint density at radius 1 is 1.27 bits per heavy atom. The SMILES string of the molecule is Cc1cc(Br)ccc1S(=O)(=O)Nc1ccc(Cl)c(OC2CCN(C)C2)c1. The minimum Gasteiger partial charge on any atom is -0.487 e. The van der Waals surface area contributed by atoms with Crippen molar-refractivity contribution in [2.24, 2.45) is 0 Å². The van der Waals surface area contributed by atoms with Crippen LogP contribution >= 0.6 is 27.5 Å². The molecule has 1 atom stereocenters. The Labute approximate surface area is 167 Å². The third-order valence-corrected chi connectivity index (χ3v) is 6.60. The lowest BCUT2D eigenvalue weighted by atomic mass is 10.2. The fraction of sp³-hybridized carbons (Fsp3) is 0.333. The molecule has 1 aliphatic heterocycles. The van der Waals surface area contributed by atoms with Gasteiger partial charge in [0.05, 0.1) is 15.6 Å². The van der Waals surface area contributed by atoms with E-state index in [0.29, 0.717) is 22.0 Å². The molecule has 0 saturated carbocycles. The Balaban J connectivity index is 1.82. The molecule has 0 aliphatic carbocycles. The summed E-state index contributed by atoms with van der Waals surface area (Å²) in [5.74, 6) is 0.486. The average Bonchev–Trinajstić information content (AvgIpc) is 2.95. The van der Waals surface area contributed by atoms with Crippen LogP contribution in [0.5, 0.6) is 5.75 Å². The number of ether oxygens (including phenoxy) is 1. The number of nitrogens with one attached hydrogen (secondary N) is 1. The number of benzene rings is 2. The van der Waals surface area contributed by atoms with E-state index in [1.807, 2.05) is 7.05 Å². The van der Waals surface area contributed by atoms with Crippen molar-refractivity contribution < 1.29 is 13.2 Å². The smallest absolute Gasteiger partial charge is 0.262 e. The second kappa shape index (κ2) is 7.76. The highest BCUT2D eigenvalue weighted by atomic mass is 79.9. The average molecular weight is 460 g/mol. The summed E-state index contributed by atoms with van der Waals surface area (Å²) in [4.78, 5) is 2.41. The zero-order valence-corrected chi connectivity index (χ0v) is 17.7. The van der Waals surface area contributed by atoms with Gasteiger partial charge in [-0.3, -0.25) is 4.72 Å². The molecule has 0 amide bonds. The van der Waals surface area contributed by atoms with Crippen LogP contribution in [0.2, 0.25) is 5.02 Å². The van der Waals surface area contributed by atoms with Gasteiger partial charge in [0.2, 0.25) is 0 Å². The van der Waals surface area contributed by atoms with E-state index in [1.54, 1.807) is 43.3 Å². The van der Waals surface area contributed by atoms with E-state index in [1.165, 1.54) is 0 Å². The highest BCUT2D eigenvalue weighted by Crippen LogP contribution is 2.31. The first-order valence-corrected chi connectivity index (χ1v) is 10.8. The fourth-order valence-electron chi connectivity index (χ4n) is 2.95. The molecule has 0 spiro atoms. The predicted octanol–water partition coefficient (Wildman–Crippen LogP) is 4.29. The van der Waals surface area contributed by atoms with E-state index < -0.39 is 10.0 Å². The third kappa shape index (κ3) is 4.52. The first kappa shape index (κ1) is 19.5. The van der Waals surface area contributed by atoms with Crippen molar-refractivity contribution in [2.45, 2.75) is 24.3 Å². The van der Waals surface area contributed by atoms with E-state index in [0.717, 1.165) is 24.0 Å². The van der Waals surface area contributed by atoms with Crippen molar-refractivity contribution in [3.05, 3.63) is 51.5 Å². The number of hydrogen-bond acceptors (Lipinski definition) is 4. The summed E-state index contributed by atoms with van der Waals surface area (Å²) in [5.41, 5.74) is 1.07. The first-order valence-electron chi connectivity index (χ1n) is 8.18. The molecule has 1 aliphatic rings. The number of likely N-dealkylation sites (N-methyl/N-ethyl adjacent to an activating group) is 1. The first-order chi connectivity index (χ1) is 12.2. The topological polar surface area (TPSA) is 58.6 Å². The Bertz CT molecular complexity index is 921. The third-order valence-electron chi connectivity index (χ3n) is 4.25. The summed E-state index contributed by atoms with van der Waals surface area (Å²) in [5, 5.41) is 0.460. The predicted molar refractivity (Wildman–Crippen MR) is 108 cm³/mol. The van der Waals surface area contributed by atoms with Gasteiger partial charge in [0.25, 0.3) is 10.0 Å². The van der Waals surface area contributed by atoms with Crippen LogP contribution in [0.15, 0.2) is 45.8 Å². The van der Waals surface area contributed by atoms with Gasteiger partial charge in [-0.2, -0.15) is 0 Å². The summed E-state index contributed by atoms with van der Waals surface area (Å²) in [6, 6.07) is 9.94. The fourth-order valence-corrected chi connectivity index (χ4v) is 4.87.